The van der Waals surface area contributed by atoms with Gasteiger partial charge in [-0.25, -0.2) is 14.4 Å². The molecule has 0 bridgehead atoms. The molecule has 2 aliphatic carbocycles. The number of carboxylic acid groups (broad SMARTS) is 1. The minimum absolute atomic E-state index is 0.132. The average molecular weight is 348 g/mol. The number of rotatable bonds is 2. The van der Waals surface area contributed by atoms with Crippen LogP contribution in [0.5, 0.6) is 0 Å². The number of ether oxygens (including phenoxy) is 2. The van der Waals surface area contributed by atoms with E-state index < -0.39 is 48.6 Å². The van der Waals surface area contributed by atoms with Crippen LogP contribution in [0.4, 0.5) is 0 Å². The first-order valence-electron chi connectivity index (χ1n) is 7.64. The van der Waals surface area contributed by atoms with Gasteiger partial charge in [-0.15, -0.1) is 0 Å². The average Bonchev–Trinajstić information content (AvgIpc) is 2.97. The summed E-state index contributed by atoms with van der Waals surface area (Å²) in [5.41, 5.74) is 1.50. The molecule has 0 saturated carbocycles. The van der Waals surface area contributed by atoms with Gasteiger partial charge in [0.2, 0.25) is 0 Å². The Bertz CT molecular complexity index is 772. The Morgan fingerprint density at radius 2 is 2.08 bits per heavy atom. The van der Waals surface area contributed by atoms with Crippen molar-refractivity contribution >= 4 is 23.7 Å². The van der Waals surface area contributed by atoms with Crippen LogP contribution in [0.3, 0.4) is 0 Å². The highest BCUT2D eigenvalue weighted by Gasteiger charge is 2.53. The molecule has 0 aromatic carbocycles. The number of aliphatic carboxylic acids is 1. The molecule has 25 heavy (non-hydrogen) atoms. The zero-order chi connectivity index (χ0) is 18.5. The van der Waals surface area contributed by atoms with Gasteiger partial charge in [0.15, 0.2) is 5.78 Å². The summed E-state index contributed by atoms with van der Waals surface area (Å²) in [4.78, 5) is 46.0. The summed E-state index contributed by atoms with van der Waals surface area (Å²) in [5, 5.41) is 19.0. The summed E-state index contributed by atoms with van der Waals surface area (Å²) in [6, 6.07) is 0. The second kappa shape index (κ2) is 5.96. The molecule has 1 fully saturated rings. The van der Waals surface area contributed by atoms with Crippen LogP contribution in [-0.2, 0) is 28.7 Å². The van der Waals surface area contributed by atoms with E-state index in [-0.39, 0.29) is 17.8 Å². The Kier molecular flexibility index (Phi) is 4.08. The normalized spacial score (nSPS) is 31.1. The molecule has 4 atom stereocenters. The topological polar surface area (TPSA) is 127 Å². The number of carboxylic acids is 1. The van der Waals surface area contributed by atoms with Crippen molar-refractivity contribution in [2.75, 3.05) is 6.61 Å². The van der Waals surface area contributed by atoms with Gasteiger partial charge in [0.25, 0.3) is 0 Å². The van der Waals surface area contributed by atoms with E-state index in [0.29, 0.717) is 16.7 Å². The summed E-state index contributed by atoms with van der Waals surface area (Å²) in [7, 11) is 0. The van der Waals surface area contributed by atoms with Gasteiger partial charge in [-0.05, 0) is 25.0 Å². The quantitative estimate of drug-likeness (QED) is 0.403. The Balaban J connectivity index is 1.96. The van der Waals surface area contributed by atoms with Gasteiger partial charge in [-0.2, -0.15) is 0 Å². The summed E-state index contributed by atoms with van der Waals surface area (Å²) in [6.45, 7) is 4.96. The molecule has 1 saturated heterocycles. The first-order valence-corrected chi connectivity index (χ1v) is 7.64. The second-order valence-electron chi connectivity index (χ2n) is 6.33. The fourth-order valence-corrected chi connectivity index (χ4v) is 3.75. The van der Waals surface area contributed by atoms with E-state index in [1.807, 2.05) is 0 Å². The number of aliphatic hydroxyl groups is 1. The maximum Gasteiger partial charge on any atom is 0.417 e. The first kappa shape index (κ1) is 17.1. The van der Waals surface area contributed by atoms with E-state index in [1.165, 1.54) is 6.08 Å². The van der Waals surface area contributed by atoms with Gasteiger partial charge >= 0.3 is 17.9 Å². The lowest BCUT2D eigenvalue weighted by atomic mass is 9.82. The number of fused-ring (bicyclic) bond motifs is 3. The summed E-state index contributed by atoms with van der Waals surface area (Å²) >= 11 is 0. The Labute approximate surface area is 142 Å². The fourth-order valence-electron chi connectivity index (χ4n) is 3.75. The van der Waals surface area contributed by atoms with Crippen LogP contribution < -0.4 is 0 Å². The fraction of sp³-hybridized carbons (Fsp3) is 0.412. The Morgan fingerprint density at radius 3 is 2.72 bits per heavy atom. The molecule has 0 aromatic heterocycles. The highest BCUT2D eigenvalue weighted by molar-refractivity contribution is 6.28. The summed E-state index contributed by atoms with van der Waals surface area (Å²) in [6.07, 6.45) is -0.325. The van der Waals surface area contributed by atoms with E-state index >= 15 is 0 Å². The van der Waals surface area contributed by atoms with E-state index in [9.17, 15) is 24.3 Å². The monoisotopic (exact) mass is 348 g/mol. The van der Waals surface area contributed by atoms with Crippen LogP contribution >= 0.6 is 0 Å². The number of allylic oxidation sites excluding steroid dienone is 1. The number of hydrogen-bond donors (Lipinski definition) is 2. The Morgan fingerprint density at radius 1 is 1.40 bits per heavy atom. The van der Waals surface area contributed by atoms with Gasteiger partial charge in [-0.3, -0.25) is 4.79 Å². The number of carbonyl (C=O) groups is 4. The second-order valence-corrected chi connectivity index (χ2v) is 6.33. The molecule has 0 spiro atoms. The van der Waals surface area contributed by atoms with Gasteiger partial charge < -0.3 is 19.7 Å². The van der Waals surface area contributed by atoms with Crippen LogP contribution in [0.1, 0.15) is 13.3 Å². The van der Waals surface area contributed by atoms with Crippen LogP contribution in [0.25, 0.3) is 0 Å². The van der Waals surface area contributed by atoms with Crippen molar-refractivity contribution in [2.24, 2.45) is 11.8 Å². The number of esters is 2. The maximum atomic E-state index is 12.4. The zero-order valence-electron chi connectivity index (χ0n) is 13.4. The lowest BCUT2D eigenvalue weighted by molar-refractivity contribution is -0.163. The largest absolute Gasteiger partial charge is 0.473 e. The highest BCUT2D eigenvalue weighted by atomic mass is 16.6. The third-order valence-corrected chi connectivity index (χ3v) is 4.82. The molecular weight excluding hydrogens is 332 g/mol. The lowest BCUT2D eigenvalue weighted by Crippen LogP contribution is -2.34. The molecular formula is C17H16O8. The minimum atomic E-state index is -1.74. The van der Waals surface area contributed by atoms with E-state index in [2.05, 4.69) is 11.3 Å². The van der Waals surface area contributed by atoms with Gasteiger partial charge in [0.05, 0.1) is 17.9 Å². The van der Waals surface area contributed by atoms with E-state index in [1.54, 1.807) is 6.92 Å². The minimum Gasteiger partial charge on any atom is -0.473 e. The highest BCUT2D eigenvalue weighted by Crippen LogP contribution is 2.47. The third-order valence-electron chi connectivity index (χ3n) is 4.82. The molecule has 2 N–H and O–H groups in total. The van der Waals surface area contributed by atoms with Crippen LogP contribution in [0.2, 0.25) is 0 Å². The van der Waals surface area contributed by atoms with Crippen molar-refractivity contribution in [1.82, 2.24) is 0 Å². The molecule has 8 heteroatoms. The standard InChI is InChI=1S/C17H16O8/c1-6-3-9(18)12-7(2)16(22)25-14(12)13-8(4-10(19)11(6)13)5-24-17(23)15(20)21/h4,9,12-14,18H,2-3,5H2,1H3,(H,20,21)/t9-,12+,13-,14-/m0/s1. The molecule has 3 rings (SSSR count). The molecule has 1 aliphatic heterocycles. The van der Waals surface area contributed by atoms with Crippen molar-refractivity contribution in [1.29, 1.82) is 0 Å². The van der Waals surface area contributed by atoms with Crippen LogP contribution in [-0.4, -0.2) is 52.7 Å². The Hall–Kier alpha value is -2.74. The predicted octanol–water partition coefficient (Wildman–Crippen LogP) is -0.0816. The molecule has 0 amide bonds. The summed E-state index contributed by atoms with van der Waals surface area (Å²) < 4.78 is 10.0. The van der Waals surface area contributed by atoms with Gasteiger partial charge in [0, 0.05) is 11.1 Å². The zero-order valence-corrected chi connectivity index (χ0v) is 13.4. The van der Waals surface area contributed by atoms with Crippen molar-refractivity contribution in [3.8, 4) is 0 Å². The van der Waals surface area contributed by atoms with Gasteiger partial charge in [0.1, 0.15) is 12.7 Å². The predicted molar refractivity (Wildman–Crippen MR) is 81.0 cm³/mol. The summed E-state index contributed by atoms with van der Waals surface area (Å²) in [5.74, 6) is -5.54. The smallest absolute Gasteiger partial charge is 0.417 e. The van der Waals surface area contributed by atoms with Gasteiger partial charge in [-0.1, -0.05) is 12.2 Å². The lowest BCUT2D eigenvalue weighted by Gasteiger charge is -2.26. The van der Waals surface area contributed by atoms with Crippen LogP contribution in [0.15, 0.2) is 34.9 Å². The van der Waals surface area contributed by atoms with Crippen molar-refractivity contribution in [3.05, 3.63) is 34.9 Å². The molecule has 0 radical (unpaired) electrons. The molecule has 1 heterocycles. The number of aliphatic hydroxyl groups excluding tert-OH is 1. The molecule has 3 aliphatic rings. The number of ketones is 1. The molecule has 132 valence electrons. The maximum absolute atomic E-state index is 12.4. The number of hydrogen-bond acceptors (Lipinski definition) is 7. The van der Waals surface area contributed by atoms with E-state index in [0.717, 1.165) is 0 Å². The first-order chi connectivity index (χ1) is 11.7. The van der Waals surface area contributed by atoms with Crippen molar-refractivity contribution in [3.63, 3.8) is 0 Å². The molecule has 0 unspecified atom stereocenters. The molecule has 8 nitrogen and oxygen atoms in total. The third kappa shape index (κ3) is 2.68. The SMILES string of the molecule is C=C1C(=O)O[C@@H]2[C@H]3C(COC(=O)C(=O)O)=CC(=O)C3=C(C)C[C@H](O)[C@@H]12. The van der Waals surface area contributed by atoms with Crippen molar-refractivity contribution in [2.45, 2.75) is 25.6 Å². The van der Waals surface area contributed by atoms with Crippen molar-refractivity contribution < 1.29 is 38.9 Å². The van der Waals surface area contributed by atoms with Crippen LogP contribution in [0, 0.1) is 11.8 Å². The van der Waals surface area contributed by atoms with E-state index in [4.69, 9.17) is 9.84 Å². The number of carbonyl (C=O) groups excluding carboxylic acids is 3. The molecule has 0 aromatic rings.